The molecule has 2 aromatic rings. The third-order valence-corrected chi connectivity index (χ3v) is 4.96. The van der Waals surface area contributed by atoms with Gasteiger partial charge in [-0.25, -0.2) is 0 Å². The zero-order valence-electron chi connectivity index (χ0n) is 16.9. The molecule has 0 atom stereocenters. The summed E-state index contributed by atoms with van der Waals surface area (Å²) in [6.45, 7) is 5.73. The van der Waals surface area contributed by atoms with Gasteiger partial charge in [0.15, 0.2) is 11.5 Å². The van der Waals surface area contributed by atoms with E-state index in [1.165, 1.54) is 0 Å². The maximum absolute atomic E-state index is 12.7. The number of Topliss-reactive ketones (excluding diaryl/α,β-unsaturated/α-hetero) is 1. The molecule has 0 unspecified atom stereocenters. The molecule has 2 aromatic carbocycles. The van der Waals surface area contributed by atoms with Crippen LogP contribution in [0.25, 0.3) is 0 Å². The topological polar surface area (TPSA) is 81.7 Å². The first-order chi connectivity index (χ1) is 14.0. The lowest BCUT2D eigenvalue weighted by atomic mass is 9.98. The fourth-order valence-corrected chi connectivity index (χ4v) is 3.29. The molecule has 0 radical (unpaired) electrons. The Morgan fingerprint density at radius 1 is 1.10 bits per heavy atom. The summed E-state index contributed by atoms with van der Waals surface area (Å²) < 4.78 is 0. The predicted octanol–water partition coefficient (Wildman–Crippen LogP) is 3.65. The molecule has 0 saturated carbocycles. The second-order valence-electron chi connectivity index (χ2n) is 7.00. The first-order valence-electron chi connectivity index (χ1n) is 9.97. The van der Waals surface area contributed by atoms with Gasteiger partial charge in [0.25, 0.3) is 5.91 Å². The van der Waals surface area contributed by atoms with Gasteiger partial charge in [0, 0.05) is 25.3 Å². The zero-order chi connectivity index (χ0) is 20.8. The Balaban J connectivity index is 1.77. The monoisotopic (exact) mass is 393 g/mol. The van der Waals surface area contributed by atoms with E-state index in [0.29, 0.717) is 37.4 Å². The summed E-state index contributed by atoms with van der Waals surface area (Å²) in [6.07, 6.45) is 1.17. The van der Waals surface area contributed by atoms with E-state index in [1.807, 2.05) is 44.2 Å². The highest BCUT2D eigenvalue weighted by molar-refractivity contribution is 6.07. The molecular weight excluding hydrogens is 366 g/mol. The van der Waals surface area contributed by atoms with Crippen molar-refractivity contribution in [1.82, 2.24) is 10.2 Å². The van der Waals surface area contributed by atoms with E-state index in [0.717, 1.165) is 17.7 Å². The minimum Gasteiger partial charge on any atom is -0.505 e. The number of nitrogens with one attached hydrogen (secondary N) is 2. The van der Waals surface area contributed by atoms with Crippen molar-refractivity contribution in [2.45, 2.75) is 33.2 Å². The molecule has 29 heavy (non-hydrogen) atoms. The Bertz CT molecular complexity index is 922. The fourth-order valence-electron chi connectivity index (χ4n) is 3.29. The summed E-state index contributed by atoms with van der Waals surface area (Å²) >= 11 is 0. The van der Waals surface area contributed by atoms with E-state index in [4.69, 9.17) is 0 Å². The number of allylic oxidation sites excluding steroid dienone is 2. The molecule has 0 heterocycles. The van der Waals surface area contributed by atoms with Crippen LogP contribution >= 0.6 is 0 Å². The highest BCUT2D eigenvalue weighted by atomic mass is 16.3. The Hall–Kier alpha value is -3.28. The first-order valence-corrected chi connectivity index (χ1v) is 9.97. The summed E-state index contributed by atoms with van der Waals surface area (Å²) in [5.74, 6) is -0.383. The van der Waals surface area contributed by atoms with E-state index in [2.05, 4.69) is 10.6 Å². The molecular formula is C23H27N3O3. The number of hydrogen-bond donors (Lipinski definition) is 3. The smallest absolute Gasteiger partial charge is 0.257 e. The maximum Gasteiger partial charge on any atom is 0.257 e. The molecule has 0 saturated heterocycles. The molecule has 1 aliphatic rings. The molecule has 1 amide bonds. The molecule has 3 N–H and O–H groups in total. The number of anilines is 1. The van der Waals surface area contributed by atoms with Crippen LogP contribution in [0.5, 0.6) is 5.75 Å². The van der Waals surface area contributed by atoms with E-state index in [1.54, 1.807) is 23.1 Å². The van der Waals surface area contributed by atoms with Gasteiger partial charge in [0.05, 0.1) is 17.7 Å². The van der Waals surface area contributed by atoms with Gasteiger partial charge in [0.2, 0.25) is 0 Å². The minimum atomic E-state index is -0.216. The number of phenolic OH excluding ortho intramolecular Hbond substituents is 1. The lowest BCUT2D eigenvalue weighted by Gasteiger charge is -2.26. The van der Waals surface area contributed by atoms with E-state index in [-0.39, 0.29) is 23.0 Å². The average Bonchev–Trinajstić information content (AvgIpc) is 2.74. The van der Waals surface area contributed by atoms with Crippen LogP contribution in [-0.2, 0) is 11.3 Å². The van der Waals surface area contributed by atoms with Gasteiger partial charge in [-0.15, -0.1) is 0 Å². The van der Waals surface area contributed by atoms with Crippen molar-refractivity contribution in [3.05, 3.63) is 71.1 Å². The number of aromatic hydroxyl groups is 1. The van der Waals surface area contributed by atoms with Gasteiger partial charge in [-0.2, -0.15) is 0 Å². The summed E-state index contributed by atoms with van der Waals surface area (Å²) in [5, 5.41) is 16.9. The minimum absolute atomic E-state index is 0.0298. The fraction of sp³-hybridized carbons (Fsp3) is 0.304. The van der Waals surface area contributed by atoms with Crippen LogP contribution < -0.4 is 10.6 Å². The number of carbonyl (C=O) groups excluding carboxylic acids is 2. The average molecular weight is 393 g/mol. The molecule has 0 spiro atoms. The number of rotatable bonds is 9. The summed E-state index contributed by atoms with van der Waals surface area (Å²) in [7, 11) is 0. The highest BCUT2D eigenvalue weighted by Crippen LogP contribution is 2.32. The number of hydrogen-bond acceptors (Lipinski definition) is 5. The number of ketones is 1. The SMILES string of the molecule is CCCN(CC)C(=O)c1cccc(NC2=C(NCc3ccccc3)CC2=O)c1O. The molecule has 0 aliphatic heterocycles. The van der Waals surface area contributed by atoms with Gasteiger partial charge in [-0.1, -0.05) is 43.3 Å². The van der Waals surface area contributed by atoms with Crippen LogP contribution in [0.15, 0.2) is 59.9 Å². The van der Waals surface area contributed by atoms with Crippen LogP contribution in [0.1, 0.15) is 42.6 Å². The van der Waals surface area contributed by atoms with E-state index < -0.39 is 0 Å². The van der Waals surface area contributed by atoms with Gasteiger partial charge >= 0.3 is 0 Å². The Morgan fingerprint density at radius 3 is 2.52 bits per heavy atom. The second kappa shape index (κ2) is 9.28. The molecule has 6 heteroatoms. The molecule has 0 fully saturated rings. The van der Waals surface area contributed by atoms with E-state index >= 15 is 0 Å². The number of nitrogens with zero attached hydrogens (tertiary/aromatic N) is 1. The van der Waals surface area contributed by atoms with Gasteiger partial charge in [-0.05, 0) is 31.0 Å². The second-order valence-corrected chi connectivity index (χ2v) is 7.00. The van der Waals surface area contributed by atoms with Gasteiger partial charge < -0.3 is 20.6 Å². The Morgan fingerprint density at radius 2 is 1.86 bits per heavy atom. The van der Waals surface area contributed by atoms with Gasteiger partial charge in [-0.3, -0.25) is 9.59 Å². The standard InChI is InChI=1S/C23H27N3O3/c1-3-13-26(4-2)23(29)17-11-8-12-18(22(17)28)25-21-19(14-20(21)27)24-15-16-9-6-5-7-10-16/h5-12,24-25,28H,3-4,13-15H2,1-2H3. The summed E-state index contributed by atoms with van der Waals surface area (Å²) in [4.78, 5) is 26.5. The van der Waals surface area contributed by atoms with Crippen molar-refractivity contribution in [3.8, 4) is 5.75 Å². The summed E-state index contributed by atoms with van der Waals surface area (Å²) in [5.41, 5.74) is 2.93. The van der Waals surface area contributed by atoms with Crippen molar-refractivity contribution >= 4 is 17.4 Å². The van der Waals surface area contributed by atoms with E-state index in [9.17, 15) is 14.7 Å². The lowest BCUT2D eigenvalue weighted by molar-refractivity contribution is -0.116. The van der Waals surface area contributed by atoms with Crippen LogP contribution in [0.2, 0.25) is 0 Å². The molecule has 6 nitrogen and oxygen atoms in total. The van der Waals surface area contributed by atoms with Gasteiger partial charge in [0.1, 0.15) is 5.70 Å². The number of para-hydroxylation sites is 1. The molecule has 0 bridgehead atoms. The van der Waals surface area contributed by atoms with Crippen molar-refractivity contribution in [2.75, 3.05) is 18.4 Å². The number of phenols is 1. The Labute approximate surface area is 171 Å². The van der Waals surface area contributed by atoms with Crippen LogP contribution in [0, 0.1) is 0 Å². The lowest BCUT2D eigenvalue weighted by Crippen LogP contribution is -2.33. The predicted molar refractivity (Wildman–Crippen MR) is 114 cm³/mol. The molecule has 0 aromatic heterocycles. The van der Waals surface area contributed by atoms with Crippen molar-refractivity contribution in [3.63, 3.8) is 0 Å². The first kappa shape index (κ1) is 20.5. The normalized spacial score (nSPS) is 13.1. The van der Waals surface area contributed by atoms with Crippen molar-refractivity contribution in [2.24, 2.45) is 0 Å². The molecule has 1 aliphatic carbocycles. The Kier molecular flexibility index (Phi) is 6.54. The van der Waals surface area contributed by atoms with Crippen LogP contribution in [0.3, 0.4) is 0 Å². The van der Waals surface area contributed by atoms with Crippen molar-refractivity contribution in [1.29, 1.82) is 0 Å². The van der Waals surface area contributed by atoms with Crippen LogP contribution in [-0.4, -0.2) is 34.8 Å². The number of amides is 1. The summed E-state index contributed by atoms with van der Waals surface area (Å²) in [6, 6.07) is 14.9. The number of carbonyl (C=O) groups is 2. The zero-order valence-corrected chi connectivity index (χ0v) is 16.9. The highest BCUT2D eigenvalue weighted by Gasteiger charge is 2.28. The third kappa shape index (κ3) is 4.59. The molecule has 152 valence electrons. The largest absolute Gasteiger partial charge is 0.505 e. The van der Waals surface area contributed by atoms with Crippen LogP contribution in [0.4, 0.5) is 5.69 Å². The quantitative estimate of drug-likeness (QED) is 0.567. The van der Waals surface area contributed by atoms with Crippen molar-refractivity contribution < 1.29 is 14.7 Å². The molecule has 3 rings (SSSR count). The maximum atomic E-state index is 12.7. The number of benzene rings is 2. The third-order valence-electron chi connectivity index (χ3n) is 4.96.